The van der Waals surface area contributed by atoms with E-state index < -0.39 is 0 Å². The average Bonchev–Trinajstić information content (AvgIpc) is 3.34. The molecule has 3 aromatic heterocycles. The summed E-state index contributed by atoms with van der Waals surface area (Å²) in [6.07, 6.45) is 11.6. The van der Waals surface area contributed by atoms with Gasteiger partial charge in [-0.05, 0) is 84.3 Å². The van der Waals surface area contributed by atoms with E-state index >= 15 is 0 Å². The lowest BCUT2D eigenvalue weighted by atomic mass is 9.49. The normalized spacial score (nSPS) is 30.1. The number of carbonyl (C=O) groups is 1. The fourth-order valence-corrected chi connectivity index (χ4v) is 6.61. The van der Waals surface area contributed by atoms with Crippen molar-refractivity contribution in [3.8, 4) is 0 Å². The summed E-state index contributed by atoms with van der Waals surface area (Å²) in [5, 5.41) is 14.5. The van der Waals surface area contributed by atoms with Crippen molar-refractivity contribution in [1.82, 2.24) is 34.9 Å². The van der Waals surface area contributed by atoms with E-state index in [1.165, 1.54) is 38.5 Å². The zero-order chi connectivity index (χ0) is 19.4. The van der Waals surface area contributed by atoms with E-state index in [2.05, 4.69) is 25.8 Å². The third-order valence-corrected chi connectivity index (χ3v) is 7.28. The van der Waals surface area contributed by atoms with Gasteiger partial charge in [-0.25, -0.2) is 9.67 Å². The van der Waals surface area contributed by atoms with Crippen LogP contribution < -0.4 is 5.32 Å². The molecule has 4 aliphatic rings. The Kier molecular flexibility index (Phi) is 3.76. The van der Waals surface area contributed by atoms with Gasteiger partial charge in [-0.1, -0.05) is 6.07 Å². The van der Waals surface area contributed by atoms with Crippen LogP contribution in [-0.2, 0) is 6.54 Å². The summed E-state index contributed by atoms with van der Waals surface area (Å²) >= 11 is 0. The van der Waals surface area contributed by atoms with Crippen LogP contribution in [0.5, 0.6) is 0 Å². The molecule has 0 spiro atoms. The monoisotopic (exact) mass is 391 g/mol. The van der Waals surface area contributed by atoms with Gasteiger partial charge in [-0.3, -0.25) is 9.20 Å². The van der Waals surface area contributed by atoms with Crippen molar-refractivity contribution in [2.45, 2.75) is 45.1 Å². The second-order valence-corrected chi connectivity index (χ2v) is 9.48. The number of aromatic nitrogens is 6. The summed E-state index contributed by atoms with van der Waals surface area (Å²) in [5.74, 6) is 2.66. The Hall–Kier alpha value is -2.77. The molecule has 150 valence electrons. The van der Waals surface area contributed by atoms with Crippen LogP contribution in [-0.4, -0.2) is 42.0 Å². The third-order valence-electron chi connectivity index (χ3n) is 7.28. The molecule has 7 rings (SSSR count). The largest absolute Gasteiger partial charge is 0.350 e. The average molecular weight is 391 g/mol. The summed E-state index contributed by atoms with van der Waals surface area (Å²) in [7, 11) is 0. The van der Waals surface area contributed by atoms with E-state index in [1.807, 2.05) is 28.8 Å². The first-order chi connectivity index (χ1) is 14.2. The highest BCUT2D eigenvalue weighted by Gasteiger charge is 2.50. The van der Waals surface area contributed by atoms with E-state index in [0.717, 1.165) is 35.6 Å². The lowest BCUT2D eigenvalue weighted by molar-refractivity contribution is -0.0503. The maximum atomic E-state index is 13.1. The topological polar surface area (TPSA) is 90.0 Å². The lowest BCUT2D eigenvalue weighted by Crippen LogP contribution is -2.51. The second kappa shape index (κ2) is 6.37. The van der Waals surface area contributed by atoms with Gasteiger partial charge in [-0.15, -0.1) is 5.10 Å². The molecular formula is C21H25N7O. The molecule has 8 heteroatoms. The predicted octanol–water partition coefficient (Wildman–Crippen LogP) is 2.32. The van der Waals surface area contributed by atoms with Gasteiger partial charge in [0.2, 0.25) is 0 Å². The van der Waals surface area contributed by atoms with Gasteiger partial charge in [0.1, 0.15) is 17.7 Å². The number of fused-ring (bicyclic) bond motifs is 1. The van der Waals surface area contributed by atoms with Crippen molar-refractivity contribution >= 4 is 11.6 Å². The molecule has 0 aliphatic heterocycles. The molecule has 1 N–H and O–H groups in total. The summed E-state index contributed by atoms with van der Waals surface area (Å²) in [4.78, 5) is 17.7. The van der Waals surface area contributed by atoms with Crippen LogP contribution >= 0.6 is 0 Å². The fraction of sp³-hybridized carbons (Fsp3) is 0.571. The number of hydrogen-bond donors (Lipinski definition) is 1. The quantitative estimate of drug-likeness (QED) is 0.721. The van der Waals surface area contributed by atoms with Crippen molar-refractivity contribution < 1.29 is 4.79 Å². The van der Waals surface area contributed by atoms with Crippen LogP contribution in [0, 0.1) is 23.2 Å². The minimum Gasteiger partial charge on any atom is -0.350 e. The highest BCUT2D eigenvalue weighted by molar-refractivity contribution is 5.93. The molecule has 0 unspecified atom stereocenters. The number of amides is 1. The summed E-state index contributed by atoms with van der Waals surface area (Å²) in [5.41, 5.74) is 2.54. The van der Waals surface area contributed by atoms with Gasteiger partial charge < -0.3 is 5.32 Å². The van der Waals surface area contributed by atoms with Gasteiger partial charge in [-0.2, -0.15) is 0 Å². The summed E-state index contributed by atoms with van der Waals surface area (Å²) < 4.78 is 3.49. The summed E-state index contributed by atoms with van der Waals surface area (Å²) in [6.45, 7) is 1.28. The lowest BCUT2D eigenvalue weighted by Gasteiger charge is -2.56. The Balaban J connectivity index is 1.21. The van der Waals surface area contributed by atoms with E-state index in [-0.39, 0.29) is 5.91 Å². The van der Waals surface area contributed by atoms with Crippen molar-refractivity contribution in [3.63, 3.8) is 0 Å². The molecular weight excluding hydrogens is 366 g/mol. The van der Waals surface area contributed by atoms with Gasteiger partial charge in [0.15, 0.2) is 0 Å². The van der Waals surface area contributed by atoms with E-state index in [0.29, 0.717) is 17.7 Å². The molecule has 1 amide bonds. The molecule has 29 heavy (non-hydrogen) atoms. The maximum absolute atomic E-state index is 13.1. The van der Waals surface area contributed by atoms with Crippen LogP contribution in [0.4, 0.5) is 0 Å². The smallest absolute Gasteiger partial charge is 0.268 e. The zero-order valence-corrected chi connectivity index (χ0v) is 16.4. The third kappa shape index (κ3) is 3.01. The first kappa shape index (κ1) is 17.1. The number of nitrogens with one attached hydrogen (secondary N) is 1. The number of tetrazole rings is 1. The Morgan fingerprint density at radius 3 is 2.59 bits per heavy atom. The predicted molar refractivity (Wildman–Crippen MR) is 105 cm³/mol. The minimum atomic E-state index is -0.0160. The van der Waals surface area contributed by atoms with Crippen LogP contribution in [0.15, 0.2) is 30.7 Å². The molecule has 0 aromatic carbocycles. The first-order valence-corrected chi connectivity index (χ1v) is 10.6. The van der Waals surface area contributed by atoms with Gasteiger partial charge in [0.25, 0.3) is 5.91 Å². The molecule has 3 aromatic rings. The van der Waals surface area contributed by atoms with E-state index in [1.54, 1.807) is 11.0 Å². The molecule has 0 saturated heterocycles. The first-order valence-electron chi connectivity index (χ1n) is 10.6. The van der Waals surface area contributed by atoms with Gasteiger partial charge >= 0.3 is 0 Å². The number of pyridine rings is 1. The van der Waals surface area contributed by atoms with Crippen molar-refractivity contribution in [2.75, 3.05) is 6.54 Å². The fourth-order valence-electron chi connectivity index (χ4n) is 6.61. The molecule has 0 atom stereocenters. The molecule has 0 radical (unpaired) electrons. The number of hydrogen-bond acceptors (Lipinski definition) is 5. The highest BCUT2D eigenvalue weighted by Crippen LogP contribution is 2.59. The van der Waals surface area contributed by atoms with Gasteiger partial charge in [0.05, 0.1) is 12.2 Å². The highest BCUT2D eigenvalue weighted by atomic mass is 16.1. The van der Waals surface area contributed by atoms with E-state index in [9.17, 15) is 4.79 Å². The number of nitrogens with zero attached hydrogens (tertiary/aromatic N) is 6. The van der Waals surface area contributed by atoms with Crippen LogP contribution in [0.3, 0.4) is 0 Å². The number of rotatable bonds is 5. The number of imidazole rings is 1. The van der Waals surface area contributed by atoms with Crippen molar-refractivity contribution in [3.05, 3.63) is 42.1 Å². The van der Waals surface area contributed by atoms with Crippen LogP contribution in [0.1, 0.15) is 54.7 Å². The molecule has 3 heterocycles. The molecule has 8 nitrogen and oxygen atoms in total. The Morgan fingerprint density at radius 1 is 1.14 bits per heavy atom. The molecule has 4 aliphatic carbocycles. The second-order valence-electron chi connectivity index (χ2n) is 9.48. The Labute approximate surface area is 168 Å². The molecule has 4 bridgehead atoms. The van der Waals surface area contributed by atoms with E-state index in [4.69, 9.17) is 0 Å². The van der Waals surface area contributed by atoms with Crippen molar-refractivity contribution in [1.29, 1.82) is 0 Å². The maximum Gasteiger partial charge on any atom is 0.268 e. The summed E-state index contributed by atoms with van der Waals surface area (Å²) in [6, 6.07) is 5.67. The molecule has 4 saturated carbocycles. The Bertz CT molecular complexity index is 1020. The number of carbonyl (C=O) groups excluding carboxylic acids is 1. The molecule has 4 fully saturated rings. The van der Waals surface area contributed by atoms with Gasteiger partial charge in [0, 0.05) is 12.7 Å². The van der Waals surface area contributed by atoms with Crippen LogP contribution in [0.2, 0.25) is 0 Å². The minimum absolute atomic E-state index is 0.0160. The zero-order valence-electron chi connectivity index (χ0n) is 16.4. The SMILES string of the molecule is O=C(NCC12CC3CC(CC(C3)C1)C2)c1cccc2nc(Cn3cnnn3)cn12. The van der Waals surface area contributed by atoms with Crippen molar-refractivity contribution in [2.24, 2.45) is 23.2 Å². The Morgan fingerprint density at radius 2 is 1.90 bits per heavy atom. The van der Waals surface area contributed by atoms with Crippen LogP contribution in [0.25, 0.3) is 5.65 Å². The standard InChI is InChI=1S/C21H25N7O/c29-20(22-12-21-7-14-4-15(8-21)6-16(5-14)9-21)18-2-1-3-19-24-17(11-28(18)19)10-27-13-23-25-26-27/h1-3,11,13-16H,4-10,12H2,(H,22,29).